The van der Waals surface area contributed by atoms with Gasteiger partial charge < -0.3 is 10.4 Å². The zero-order valence-corrected chi connectivity index (χ0v) is 11.3. The minimum atomic E-state index is -0.200. The van der Waals surface area contributed by atoms with E-state index in [1.807, 2.05) is 17.3 Å². The molecule has 100 valence electrons. The lowest BCUT2D eigenvalue weighted by Gasteiger charge is -2.22. The summed E-state index contributed by atoms with van der Waals surface area (Å²) in [5.74, 6) is 0.252. The minimum absolute atomic E-state index is 0.0556. The Hall–Kier alpha value is -0.980. The molecular formula is C12H19N3O2S. The number of aliphatic hydroxyl groups is 1. The number of rotatable bonds is 5. The van der Waals surface area contributed by atoms with Gasteiger partial charge in [0.15, 0.2) is 5.13 Å². The van der Waals surface area contributed by atoms with Gasteiger partial charge in [0.05, 0.1) is 12.6 Å². The SMILES string of the molecule is CN(CC(=O)Nc1nccs1)CC1CCCC1O. The molecule has 2 N–H and O–H groups in total. The predicted molar refractivity (Wildman–Crippen MR) is 71.6 cm³/mol. The fourth-order valence-electron chi connectivity index (χ4n) is 2.38. The molecule has 1 aliphatic rings. The Bertz CT molecular complexity index is 383. The van der Waals surface area contributed by atoms with Crippen molar-refractivity contribution in [3.05, 3.63) is 11.6 Å². The molecule has 2 unspecified atom stereocenters. The molecule has 1 saturated carbocycles. The molecule has 1 fully saturated rings. The van der Waals surface area contributed by atoms with Gasteiger partial charge in [-0.3, -0.25) is 9.69 Å². The van der Waals surface area contributed by atoms with Gasteiger partial charge in [-0.2, -0.15) is 0 Å². The topological polar surface area (TPSA) is 65.5 Å². The van der Waals surface area contributed by atoms with Crippen LogP contribution in [0.25, 0.3) is 0 Å². The van der Waals surface area contributed by atoms with Crippen LogP contribution in [-0.2, 0) is 4.79 Å². The molecule has 1 aromatic rings. The van der Waals surface area contributed by atoms with Crippen LogP contribution in [0.15, 0.2) is 11.6 Å². The van der Waals surface area contributed by atoms with Crippen LogP contribution in [0.4, 0.5) is 5.13 Å². The van der Waals surface area contributed by atoms with Crippen molar-refractivity contribution in [2.24, 2.45) is 5.92 Å². The summed E-state index contributed by atoms with van der Waals surface area (Å²) in [4.78, 5) is 17.7. The number of hydrogen-bond acceptors (Lipinski definition) is 5. The molecule has 0 aliphatic heterocycles. The van der Waals surface area contributed by atoms with Crippen LogP contribution in [0.5, 0.6) is 0 Å². The Morgan fingerprint density at radius 2 is 2.50 bits per heavy atom. The van der Waals surface area contributed by atoms with Gasteiger partial charge in [0, 0.05) is 18.1 Å². The lowest BCUT2D eigenvalue weighted by atomic mass is 10.1. The Balaban J connectivity index is 1.73. The molecule has 2 rings (SSSR count). The number of aromatic nitrogens is 1. The molecule has 1 amide bonds. The first kappa shape index (κ1) is 13.5. The van der Waals surface area contributed by atoms with Gasteiger partial charge in [-0.1, -0.05) is 6.42 Å². The maximum atomic E-state index is 11.7. The van der Waals surface area contributed by atoms with Crippen LogP contribution < -0.4 is 5.32 Å². The molecule has 0 bridgehead atoms. The summed E-state index contributed by atoms with van der Waals surface area (Å²) in [6, 6.07) is 0. The lowest BCUT2D eigenvalue weighted by Crippen LogP contribution is -2.35. The smallest absolute Gasteiger partial charge is 0.240 e. The number of likely N-dealkylation sites (N-methyl/N-ethyl adjacent to an activating group) is 1. The van der Waals surface area contributed by atoms with E-state index in [9.17, 15) is 9.90 Å². The van der Waals surface area contributed by atoms with Crippen molar-refractivity contribution in [2.75, 3.05) is 25.5 Å². The number of hydrogen-bond donors (Lipinski definition) is 2. The van der Waals surface area contributed by atoms with Crippen LogP contribution in [0, 0.1) is 5.92 Å². The second-order valence-corrected chi connectivity index (χ2v) is 5.74. The first-order valence-corrected chi connectivity index (χ1v) is 7.09. The van der Waals surface area contributed by atoms with Crippen molar-refractivity contribution >= 4 is 22.4 Å². The minimum Gasteiger partial charge on any atom is -0.393 e. The molecule has 5 nitrogen and oxygen atoms in total. The first-order chi connectivity index (χ1) is 8.65. The van der Waals surface area contributed by atoms with Crippen molar-refractivity contribution in [1.82, 2.24) is 9.88 Å². The molecule has 2 atom stereocenters. The standard InChI is InChI=1S/C12H19N3O2S/c1-15(7-9-3-2-4-10(9)16)8-11(17)14-12-13-5-6-18-12/h5-6,9-10,16H,2-4,7-8H2,1H3,(H,13,14,17). The van der Waals surface area contributed by atoms with Crippen LogP contribution in [0.1, 0.15) is 19.3 Å². The molecule has 0 spiro atoms. The Morgan fingerprint density at radius 1 is 1.67 bits per heavy atom. The number of aliphatic hydroxyl groups excluding tert-OH is 1. The maximum Gasteiger partial charge on any atom is 0.240 e. The molecule has 6 heteroatoms. The highest BCUT2D eigenvalue weighted by molar-refractivity contribution is 7.13. The monoisotopic (exact) mass is 269 g/mol. The average molecular weight is 269 g/mol. The van der Waals surface area contributed by atoms with Crippen LogP contribution >= 0.6 is 11.3 Å². The predicted octanol–water partition coefficient (Wildman–Crippen LogP) is 1.17. The van der Waals surface area contributed by atoms with Gasteiger partial charge in [-0.25, -0.2) is 4.98 Å². The normalized spacial score (nSPS) is 23.5. The van der Waals surface area contributed by atoms with Crippen LogP contribution in [0.3, 0.4) is 0 Å². The van der Waals surface area contributed by atoms with Gasteiger partial charge in [-0.05, 0) is 25.8 Å². The van der Waals surface area contributed by atoms with Crippen molar-refractivity contribution in [1.29, 1.82) is 0 Å². The number of anilines is 1. The van der Waals surface area contributed by atoms with Gasteiger partial charge in [0.25, 0.3) is 0 Å². The maximum absolute atomic E-state index is 11.7. The summed E-state index contributed by atoms with van der Waals surface area (Å²) in [7, 11) is 1.91. The first-order valence-electron chi connectivity index (χ1n) is 6.21. The summed E-state index contributed by atoms with van der Waals surface area (Å²) in [6.07, 6.45) is 4.50. The van der Waals surface area contributed by atoms with E-state index in [0.29, 0.717) is 17.6 Å². The van der Waals surface area contributed by atoms with E-state index in [-0.39, 0.29) is 12.0 Å². The second kappa shape index (κ2) is 6.26. The fraction of sp³-hybridized carbons (Fsp3) is 0.667. The number of thiazole rings is 1. The zero-order valence-electron chi connectivity index (χ0n) is 10.5. The molecule has 0 aromatic carbocycles. The van der Waals surface area contributed by atoms with Crippen molar-refractivity contribution in [3.63, 3.8) is 0 Å². The molecule has 0 radical (unpaired) electrons. The van der Waals surface area contributed by atoms with E-state index in [0.717, 1.165) is 25.8 Å². The number of nitrogens with zero attached hydrogens (tertiary/aromatic N) is 2. The van der Waals surface area contributed by atoms with E-state index in [4.69, 9.17) is 0 Å². The zero-order chi connectivity index (χ0) is 13.0. The quantitative estimate of drug-likeness (QED) is 0.842. The fourth-order valence-corrected chi connectivity index (χ4v) is 2.93. The van der Waals surface area contributed by atoms with Crippen molar-refractivity contribution in [3.8, 4) is 0 Å². The highest BCUT2D eigenvalue weighted by atomic mass is 32.1. The molecule has 1 aliphatic carbocycles. The molecule has 0 saturated heterocycles. The third-order valence-corrected chi connectivity index (χ3v) is 3.95. The molecule has 1 heterocycles. The molecule has 18 heavy (non-hydrogen) atoms. The van der Waals surface area contributed by atoms with E-state index in [1.165, 1.54) is 11.3 Å². The second-order valence-electron chi connectivity index (χ2n) is 4.84. The number of carbonyl (C=O) groups is 1. The van der Waals surface area contributed by atoms with Gasteiger partial charge in [0.1, 0.15) is 0 Å². The molecular weight excluding hydrogens is 250 g/mol. The Morgan fingerprint density at radius 3 is 3.11 bits per heavy atom. The van der Waals surface area contributed by atoms with Gasteiger partial charge >= 0.3 is 0 Å². The highest BCUT2D eigenvalue weighted by Crippen LogP contribution is 2.25. The summed E-state index contributed by atoms with van der Waals surface area (Å²) in [5.41, 5.74) is 0. The van der Waals surface area contributed by atoms with Gasteiger partial charge in [-0.15, -0.1) is 11.3 Å². The van der Waals surface area contributed by atoms with E-state index in [2.05, 4.69) is 10.3 Å². The summed E-state index contributed by atoms with van der Waals surface area (Å²) >= 11 is 1.41. The van der Waals surface area contributed by atoms with Crippen LogP contribution in [-0.4, -0.2) is 47.1 Å². The third kappa shape index (κ3) is 3.76. The number of nitrogens with one attached hydrogen (secondary N) is 1. The van der Waals surface area contributed by atoms with Gasteiger partial charge in [0.2, 0.25) is 5.91 Å². The largest absolute Gasteiger partial charge is 0.393 e. The van der Waals surface area contributed by atoms with Crippen molar-refractivity contribution in [2.45, 2.75) is 25.4 Å². The number of amides is 1. The van der Waals surface area contributed by atoms with Crippen LogP contribution in [0.2, 0.25) is 0 Å². The Labute approximate surface area is 111 Å². The van der Waals surface area contributed by atoms with E-state index >= 15 is 0 Å². The van der Waals surface area contributed by atoms with E-state index < -0.39 is 0 Å². The summed E-state index contributed by atoms with van der Waals surface area (Å²) < 4.78 is 0. The summed E-state index contributed by atoms with van der Waals surface area (Å²) in [5, 5.41) is 15.0. The third-order valence-electron chi connectivity index (χ3n) is 3.26. The highest BCUT2D eigenvalue weighted by Gasteiger charge is 2.26. The molecule has 1 aromatic heterocycles. The Kier molecular flexibility index (Phi) is 4.68. The summed E-state index contributed by atoms with van der Waals surface area (Å²) in [6.45, 7) is 1.11. The lowest BCUT2D eigenvalue weighted by molar-refractivity contribution is -0.117. The average Bonchev–Trinajstić information content (AvgIpc) is 2.91. The van der Waals surface area contributed by atoms with E-state index in [1.54, 1.807) is 6.20 Å². The number of carbonyl (C=O) groups excluding carboxylic acids is 1. The van der Waals surface area contributed by atoms with Crippen molar-refractivity contribution < 1.29 is 9.90 Å².